The van der Waals surface area contributed by atoms with E-state index in [-0.39, 0.29) is 29.5 Å². The summed E-state index contributed by atoms with van der Waals surface area (Å²) in [5.74, 6) is -1.07. The molecule has 0 radical (unpaired) electrons. The van der Waals surface area contributed by atoms with Crippen molar-refractivity contribution in [2.24, 2.45) is 5.92 Å². The second kappa shape index (κ2) is 11.2. The number of piperidine rings is 1. The van der Waals surface area contributed by atoms with Gasteiger partial charge in [-0.15, -0.1) is 0 Å². The molecular formula is C21H31N3O6S. The molecule has 0 bridgehead atoms. The first-order valence-corrected chi connectivity index (χ1v) is 11.9. The molecule has 31 heavy (non-hydrogen) atoms. The van der Waals surface area contributed by atoms with Gasteiger partial charge in [-0.3, -0.25) is 14.4 Å². The maximum absolute atomic E-state index is 12.5. The normalized spacial score (nSPS) is 16.8. The van der Waals surface area contributed by atoms with E-state index in [0.717, 1.165) is 12.8 Å². The minimum absolute atomic E-state index is 0.0951. The molecule has 10 heteroatoms. The fourth-order valence-electron chi connectivity index (χ4n) is 3.45. The van der Waals surface area contributed by atoms with Gasteiger partial charge >= 0.3 is 5.97 Å². The van der Waals surface area contributed by atoms with Crippen LogP contribution in [0, 0.1) is 5.92 Å². The monoisotopic (exact) mass is 453 g/mol. The molecule has 1 aliphatic rings. The molecule has 1 aromatic carbocycles. The van der Waals surface area contributed by atoms with Crippen LogP contribution < -0.4 is 5.32 Å². The highest BCUT2D eigenvalue weighted by molar-refractivity contribution is 7.89. The number of carbonyl (C=O) groups is 3. The standard InChI is InChI=1S/C21H31N3O6S/c1-4-24(5-2)31(28,29)18-10-8-17(9-11-18)21(27)22-13-20(26)30-15-19(25)23-12-6-7-16(3)14-23/h8-11,16H,4-7,12-15H2,1-3H3,(H,22,27). The molecule has 1 N–H and O–H groups in total. The zero-order valence-corrected chi connectivity index (χ0v) is 19.1. The van der Waals surface area contributed by atoms with Crippen molar-refractivity contribution in [3.8, 4) is 0 Å². The first-order valence-electron chi connectivity index (χ1n) is 10.5. The minimum Gasteiger partial charge on any atom is -0.454 e. The van der Waals surface area contributed by atoms with Gasteiger partial charge in [0.15, 0.2) is 6.61 Å². The lowest BCUT2D eigenvalue weighted by Crippen LogP contribution is -2.42. The Morgan fingerprint density at radius 2 is 1.81 bits per heavy atom. The Morgan fingerprint density at radius 3 is 2.39 bits per heavy atom. The van der Waals surface area contributed by atoms with E-state index in [1.807, 2.05) is 0 Å². The average molecular weight is 454 g/mol. The number of amides is 2. The third-order valence-corrected chi connectivity index (χ3v) is 7.28. The average Bonchev–Trinajstić information content (AvgIpc) is 2.76. The van der Waals surface area contributed by atoms with Crippen LogP contribution in [0.2, 0.25) is 0 Å². The van der Waals surface area contributed by atoms with Gasteiger partial charge in [-0.1, -0.05) is 20.8 Å². The highest BCUT2D eigenvalue weighted by Gasteiger charge is 2.23. The lowest BCUT2D eigenvalue weighted by Gasteiger charge is -2.30. The van der Waals surface area contributed by atoms with Crippen molar-refractivity contribution in [2.45, 2.75) is 38.5 Å². The Bertz CT molecular complexity index is 881. The predicted molar refractivity (Wildman–Crippen MR) is 115 cm³/mol. The summed E-state index contributed by atoms with van der Waals surface area (Å²) in [6.45, 7) is 6.87. The predicted octanol–water partition coefficient (Wildman–Crippen LogP) is 1.25. The maximum atomic E-state index is 12.5. The number of hydrogen-bond acceptors (Lipinski definition) is 6. The molecule has 2 amide bonds. The van der Waals surface area contributed by atoms with Crippen LogP contribution in [0.15, 0.2) is 29.2 Å². The molecule has 2 rings (SSSR count). The zero-order chi connectivity index (χ0) is 23.0. The van der Waals surface area contributed by atoms with E-state index in [2.05, 4.69) is 12.2 Å². The number of hydrogen-bond donors (Lipinski definition) is 1. The van der Waals surface area contributed by atoms with Crippen LogP contribution >= 0.6 is 0 Å². The van der Waals surface area contributed by atoms with Gasteiger partial charge in [-0.25, -0.2) is 8.42 Å². The highest BCUT2D eigenvalue weighted by atomic mass is 32.2. The van der Waals surface area contributed by atoms with Crippen molar-refractivity contribution in [1.29, 1.82) is 0 Å². The molecule has 0 aromatic heterocycles. The molecule has 0 aliphatic carbocycles. The number of ether oxygens (including phenoxy) is 1. The fourth-order valence-corrected chi connectivity index (χ4v) is 4.90. The second-order valence-corrected chi connectivity index (χ2v) is 9.48. The van der Waals surface area contributed by atoms with Gasteiger partial charge in [0, 0.05) is 31.7 Å². The zero-order valence-electron chi connectivity index (χ0n) is 18.3. The number of benzene rings is 1. The minimum atomic E-state index is -3.61. The smallest absolute Gasteiger partial charge is 0.325 e. The topological polar surface area (TPSA) is 113 Å². The molecule has 1 saturated heterocycles. The number of rotatable bonds is 9. The molecule has 9 nitrogen and oxygen atoms in total. The van der Waals surface area contributed by atoms with Crippen LogP contribution in [-0.4, -0.2) is 74.7 Å². The molecular weight excluding hydrogens is 422 g/mol. The SMILES string of the molecule is CCN(CC)S(=O)(=O)c1ccc(C(=O)NCC(=O)OCC(=O)N2CCCC(C)C2)cc1. The van der Waals surface area contributed by atoms with E-state index in [4.69, 9.17) is 4.74 Å². The number of nitrogens with one attached hydrogen (secondary N) is 1. The van der Waals surface area contributed by atoms with Gasteiger partial charge in [0.1, 0.15) is 6.54 Å². The van der Waals surface area contributed by atoms with Gasteiger partial charge in [0.25, 0.3) is 11.8 Å². The van der Waals surface area contributed by atoms with E-state index >= 15 is 0 Å². The van der Waals surface area contributed by atoms with Gasteiger partial charge in [0.05, 0.1) is 4.90 Å². The first kappa shape index (κ1) is 24.8. The van der Waals surface area contributed by atoms with E-state index in [1.54, 1.807) is 18.7 Å². The summed E-state index contributed by atoms with van der Waals surface area (Å²) in [6, 6.07) is 5.49. The number of esters is 1. The molecule has 1 aromatic rings. The highest BCUT2D eigenvalue weighted by Crippen LogP contribution is 2.17. The van der Waals surface area contributed by atoms with Crippen LogP contribution in [0.5, 0.6) is 0 Å². The lowest BCUT2D eigenvalue weighted by molar-refractivity contribution is -0.151. The third kappa shape index (κ3) is 6.76. The Kier molecular flexibility index (Phi) is 9.00. The Balaban J connectivity index is 1.82. The molecule has 172 valence electrons. The van der Waals surface area contributed by atoms with Crippen LogP contribution in [0.3, 0.4) is 0 Å². The van der Waals surface area contributed by atoms with Gasteiger partial charge < -0.3 is 15.0 Å². The number of carbonyl (C=O) groups excluding carboxylic acids is 3. The molecule has 1 aliphatic heterocycles. The van der Waals surface area contributed by atoms with Gasteiger partial charge in [0.2, 0.25) is 10.0 Å². The molecule has 0 saturated carbocycles. The Labute approximate surface area is 183 Å². The summed E-state index contributed by atoms with van der Waals surface area (Å²) in [7, 11) is -3.61. The van der Waals surface area contributed by atoms with Crippen molar-refractivity contribution in [3.63, 3.8) is 0 Å². The van der Waals surface area contributed by atoms with E-state index in [1.165, 1.54) is 28.6 Å². The Morgan fingerprint density at radius 1 is 1.16 bits per heavy atom. The summed E-state index contributed by atoms with van der Waals surface area (Å²) in [6.07, 6.45) is 2.02. The van der Waals surface area contributed by atoms with Crippen LogP contribution in [0.1, 0.15) is 44.0 Å². The van der Waals surface area contributed by atoms with E-state index in [0.29, 0.717) is 32.1 Å². The molecule has 1 heterocycles. The first-order chi connectivity index (χ1) is 14.7. The fraction of sp³-hybridized carbons (Fsp3) is 0.571. The lowest BCUT2D eigenvalue weighted by atomic mass is 10.0. The number of sulfonamides is 1. The molecule has 1 fully saturated rings. The van der Waals surface area contributed by atoms with Crippen LogP contribution in [0.4, 0.5) is 0 Å². The quantitative estimate of drug-likeness (QED) is 0.563. The number of nitrogens with zero attached hydrogens (tertiary/aromatic N) is 2. The summed E-state index contributed by atoms with van der Waals surface area (Å²) in [4.78, 5) is 38.0. The summed E-state index contributed by atoms with van der Waals surface area (Å²) < 4.78 is 31.3. The molecule has 0 spiro atoms. The van der Waals surface area contributed by atoms with Gasteiger partial charge in [-0.05, 0) is 43.0 Å². The van der Waals surface area contributed by atoms with Crippen LogP contribution in [0.25, 0.3) is 0 Å². The van der Waals surface area contributed by atoms with Crippen molar-refractivity contribution < 1.29 is 27.5 Å². The van der Waals surface area contributed by atoms with Crippen molar-refractivity contribution >= 4 is 27.8 Å². The van der Waals surface area contributed by atoms with Crippen LogP contribution in [-0.2, 0) is 24.3 Å². The largest absolute Gasteiger partial charge is 0.454 e. The van der Waals surface area contributed by atoms with Crippen molar-refractivity contribution in [1.82, 2.24) is 14.5 Å². The second-order valence-electron chi connectivity index (χ2n) is 7.54. The molecule has 1 unspecified atom stereocenters. The number of likely N-dealkylation sites (tertiary alicyclic amines) is 1. The van der Waals surface area contributed by atoms with E-state index < -0.39 is 21.9 Å². The molecule has 1 atom stereocenters. The van der Waals surface area contributed by atoms with Crippen molar-refractivity contribution in [2.75, 3.05) is 39.3 Å². The van der Waals surface area contributed by atoms with Gasteiger partial charge in [-0.2, -0.15) is 4.31 Å². The summed E-state index contributed by atoms with van der Waals surface area (Å²) in [5.41, 5.74) is 0.213. The van der Waals surface area contributed by atoms with Crippen molar-refractivity contribution in [3.05, 3.63) is 29.8 Å². The maximum Gasteiger partial charge on any atom is 0.325 e. The van der Waals surface area contributed by atoms with E-state index in [9.17, 15) is 22.8 Å². The Hall–Kier alpha value is -2.46. The summed E-state index contributed by atoms with van der Waals surface area (Å²) >= 11 is 0. The third-order valence-electron chi connectivity index (χ3n) is 5.22. The summed E-state index contributed by atoms with van der Waals surface area (Å²) in [5, 5.41) is 2.41.